The third-order valence-corrected chi connectivity index (χ3v) is 6.44. The number of methoxy groups -OCH3 is 1. The fourth-order valence-corrected chi connectivity index (χ4v) is 4.65. The van der Waals surface area contributed by atoms with Crippen LogP contribution in [0.2, 0.25) is 0 Å². The Hall–Kier alpha value is -4.85. The zero-order valence-corrected chi connectivity index (χ0v) is 18.9. The van der Waals surface area contributed by atoms with Crippen molar-refractivity contribution in [3.63, 3.8) is 0 Å². The molecule has 0 aliphatic carbocycles. The first-order valence-electron chi connectivity index (χ1n) is 11.1. The smallest absolute Gasteiger partial charge is 0.312 e. The minimum Gasteiger partial charge on any atom is -0.508 e. The Balaban J connectivity index is 1.58. The van der Waals surface area contributed by atoms with E-state index in [2.05, 4.69) is 0 Å². The van der Waals surface area contributed by atoms with Gasteiger partial charge in [-0.15, -0.1) is 0 Å². The zero-order valence-electron chi connectivity index (χ0n) is 18.9. The van der Waals surface area contributed by atoms with Gasteiger partial charge in [-0.2, -0.15) is 0 Å². The maximum atomic E-state index is 13.5. The fraction of sp³-hybridized carbons (Fsp3) is 0.107. The highest BCUT2D eigenvalue weighted by molar-refractivity contribution is 5.90. The second-order valence-corrected chi connectivity index (χ2v) is 8.49. The average Bonchev–Trinajstić information content (AvgIpc) is 2.89. The molecule has 0 bridgehead atoms. The monoisotopic (exact) mass is 482 g/mol. The van der Waals surface area contributed by atoms with E-state index in [0.29, 0.717) is 33.4 Å². The highest BCUT2D eigenvalue weighted by Crippen LogP contribution is 2.42. The number of carbonyl (C=O) groups excluding carboxylic acids is 1. The van der Waals surface area contributed by atoms with Gasteiger partial charge in [-0.25, -0.2) is 0 Å². The quantitative estimate of drug-likeness (QED) is 0.290. The van der Waals surface area contributed by atoms with E-state index in [1.165, 1.54) is 43.9 Å². The molecule has 1 atom stereocenters. The van der Waals surface area contributed by atoms with E-state index < -0.39 is 11.9 Å². The lowest BCUT2D eigenvalue weighted by atomic mass is 9.85. The molecule has 8 nitrogen and oxygen atoms in total. The van der Waals surface area contributed by atoms with E-state index >= 15 is 0 Å². The van der Waals surface area contributed by atoms with Gasteiger partial charge in [0.15, 0.2) is 5.43 Å². The van der Waals surface area contributed by atoms with Gasteiger partial charge >= 0.3 is 5.97 Å². The van der Waals surface area contributed by atoms with E-state index in [-0.39, 0.29) is 45.3 Å². The number of aromatic hydroxyl groups is 1. The minimum absolute atomic E-state index is 0.0782. The molecular formula is C28H18O8. The normalized spacial score (nSPS) is 15.0. The SMILES string of the molecule is COc1ccc2occ([C@H]3CC(=O)Oc4ccc5c(=O)c(-c6ccc(O)cc6)coc5c43)c(=O)c2c1. The summed E-state index contributed by atoms with van der Waals surface area (Å²) in [6.07, 6.45) is 2.54. The molecule has 2 aromatic heterocycles. The first-order valence-corrected chi connectivity index (χ1v) is 11.1. The summed E-state index contributed by atoms with van der Waals surface area (Å²) < 4.78 is 22.4. The lowest BCUT2D eigenvalue weighted by Crippen LogP contribution is -2.25. The summed E-state index contributed by atoms with van der Waals surface area (Å²) in [6, 6.07) is 14.2. The molecule has 0 amide bonds. The first-order chi connectivity index (χ1) is 17.4. The first kappa shape index (κ1) is 21.7. The van der Waals surface area contributed by atoms with Crippen LogP contribution in [0, 0.1) is 0 Å². The van der Waals surface area contributed by atoms with Crippen molar-refractivity contribution in [1.29, 1.82) is 0 Å². The standard InChI is InChI=1S/C28H18O8/c1-33-16-6-8-22-19(10-16)27(32)21(13-34-22)18-11-24(30)36-23-9-7-17-26(31)20(12-35-28(17)25(18)23)14-2-4-15(29)5-3-14/h2-10,12-13,18,29H,11H2,1H3/t18-/m1/s1. The van der Waals surface area contributed by atoms with Gasteiger partial charge in [0.2, 0.25) is 5.43 Å². The second kappa shape index (κ2) is 8.13. The Morgan fingerprint density at radius 1 is 0.889 bits per heavy atom. The molecule has 6 rings (SSSR count). The molecule has 1 aliphatic heterocycles. The van der Waals surface area contributed by atoms with Crippen molar-refractivity contribution >= 4 is 27.9 Å². The van der Waals surface area contributed by atoms with Crippen molar-refractivity contribution in [3.05, 3.63) is 98.7 Å². The minimum atomic E-state index is -0.750. The van der Waals surface area contributed by atoms with Gasteiger partial charge < -0.3 is 23.4 Å². The topological polar surface area (TPSA) is 116 Å². The van der Waals surface area contributed by atoms with E-state index in [1.54, 1.807) is 30.3 Å². The number of rotatable bonds is 3. The number of hydrogen-bond acceptors (Lipinski definition) is 8. The molecule has 178 valence electrons. The maximum Gasteiger partial charge on any atom is 0.312 e. The Morgan fingerprint density at radius 3 is 2.47 bits per heavy atom. The molecule has 1 N–H and O–H groups in total. The van der Waals surface area contributed by atoms with Gasteiger partial charge in [-0.05, 0) is 48.0 Å². The summed E-state index contributed by atoms with van der Waals surface area (Å²) >= 11 is 0. The molecule has 0 radical (unpaired) electrons. The molecule has 0 saturated carbocycles. The molecule has 5 aromatic rings. The Morgan fingerprint density at radius 2 is 1.69 bits per heavy atom. The summed E-state index contributed by atoms with van der Waals surface area (Å²) in [7, 11) is 1.50. The van der Waals surface area contributed by atoms with Crippen LogP contribution >= 0.6 is 0 Å². The van der Waals surface area contributed by atoms with Crippen molar-refractivity contribution in [1.82, 2.24) is 0 Å². The molecular weight excluding hydrogens is 464 g/mol. The number of hydrogen-bond donors (Lipinski definition) is 1. The number of ether oxygens (including phenoxy) is 2. The van der Waals surface area contributed by atoms with Crippen LogP contribution in [-0.2, 0) is 4.79 Å². The van der Waals surface area contributed by atoms with Crippen LogP contribution in [0.25, 0.3) is 33.1 Å². The lowest BCUT2D eigenvalue weighted by molar-refractivity contribution is -0.135. The molecule has 0 fully saturated rings. The molecule has 3 heterocycles. The largest absolute Gasteiger partial charge is 0.508 e. The Kier molecular flexibility index (Phi) is 4.89. The Bertz CT molecular complexity index is 1790. The van der Waals surface area contributed by atoms with Crippen molar-refractivity contribution in [3.8, 4) is 28.4 Å². The lowest BCUT2D eigenvalue weighted by Gasteiger charge is -2.25. The van der Waals surface area contributed by atoms with Gasteiger partial charge in [-0.3, -0.25) is 14.4 Å². The van der Waals surface area contributed by atoms with Crippen molar-refractivity contribution in [2.24, 2.45) is 0 Å². The number of benzene rings is 3. The Labute approximate surface area is 202 Å². The van der Waals surface area contributed by atoms with Crippen LogP contribution in [0.5, 0.6) is 17.2 Å². The van der Waals surface area contributed by atoms with Crippen LogP contribution in [0.4, 0.5) is 0 Å². The zero-order chi connectivity index (χ0) is 25.0. The predicted octanol–water partition coefficient (Wildman–Crippen LogP) is 4.72. The van der Waals surface area contributed by atoms with Gasteiger partial charge in [0, 0.05) is 17.0 Å². The molecule has 0 unspecified atom stereocenters. The number of esters is 1. The summed E-state index contributed by atoms with van der Waals surface area (Å²) in [5, 5.41) is 10.2. The molecule has 0 saturated heterocycles. The maximum absolute atomic E-state index is 13.5. The summed E-state index contributed by atoms with van der Waals surface area (Å²) in [5.41, 5.74) is 1.55. The van der Waals surface area contributed by atoms with Crippen LogP contribution in [0.3, 0.4) is 0 Å². The molecule has 8 heteroatoms. The van der Waals surface area contributed by atoms with E-state index in [4.69, 9.17) is 18.3 Å². The van der Waals surface area contributed by atoms with Gasteiger partial charge in [0.25, 0.3) is 0 Å². The van der Waals surface area contributed by atoms with E-state index in [9.17, 15) is 19.5 Å². The average molecular weight is 482 g/mol. The summed E-state index contributed by atoms with van der Waals surface area (Å²) in [4.78, 5) is 39.4. The predicted molar refractivity (Wildman–Crippen MR) is 131 cm³/mol. The molecule has 0 spiro atoms. The van der Waals surface area contributed by atoms with Gasteiger partial charge in [0.05, 0.1) is 36.1 Å². The van der Waals surface area contributed by atoms with Crippen LogP contribution in [-0.4, -0.2) is 18.2 Å². The number of phenols is 1. The van der Waals surface area contributed by atoms with Crippen LogP contribution in [0.15, 0.2) is 85.5 Å². The highest BCUT2D eigenvalue weighted by Gasteiger charge is 2.34. The van der Waals surface area contributed by atoms with Crippen LogP contribution in [0.1, 0.15) is 23.5 Å². The molecule has 3 aromatic carbocycles. The molecule has 1 aliphatic rings. The van der Waals surface area contributed by atoms with Gasteiger partial charge in [0.1, 0.15) is 34.7 Å². The van der Waals surface area contributed by atoms with E-state index in [1.807, 2.05) is 0 Å². The second-order valence-electron chi connectivity index (χ2n) is 8.49. The third-order valence-electron chi connectivity index (χ3n) is 6.44. The summed E-state index contributed by atoms with van der Waals surface area (Å²) in [5.74, 6) is -0.475. The number of fused-ring (bicyclic) bond motifs is 4. The van der Waals surface area contributed by atoms with E-state index in [0.717, 1.165) is 0 Å². The molecule has 36 heavy (non-hydrogen) atoms. The van der Waals surface area contributed by atoms with Crippen molar-refractivity contribution in [2.75, 3.05) is 7.11 Å². The number of phenolic OH excluding ortho intramolecular Hbond substituents is 1. The number of carbonyl (C=O) groups is 1. The van der Waals surface area contributed by atoms with Gasteiger partial charge in [-0.1, -0.05) is 12.1 Å². The summed E-state index contributed by atoms with van der Waals surface area (Å²) in [6.45, 7) is 0. The third kappa shape index (κ3) is 3.34. The van der Waals surface area contributed by atoms with Crippen molar-refractivity contribution < 1.29 is 28.2 Å². The highest BCUT2D eigenvalue weighted by atomic mass is 16.5. The van der Waals surface area contributed by atoms with Crippen LogP contribution < -0.4 is 20.3 Å². The fourth-order valence-electron chi connectivity index (χ4n) is 4.65. The van der Waals surface area contributed by atoms with Crippen molar-refractivity contribution in [2.45, 2.75) is 12.3 Å².